The van der Waals surface area contributed by atoms with Crippen molar-refractivity contribution in [3.8, 4) is 11.3 Å². The molecule has 0 N–H and O–H groups in total. The van der Waals surface area contributed by atoms with E-state index in [4.69, 9.17) is 27.7 Å². The van der Waals surface area contributed by atoms with E-state index in [-0.39, 0.29) is 29.8 Å². The quantitative estimate of drug-likeness (QED) is 0.528. The highest BCUT2D eigenvalue weighted by Crippen LogP contribution is 2.31. The normalized spacial score (nSPS) is 14.4. The number of rotatable bonds is 4. The summed E-state index contributed by atoms with van der Waals surface area (Å²) in [6.07, 6.45) is 0. The SMILES string of the molecule is Cl.O=C(c1cc(-c2ccc(Cl)cc2Cl)on1)N1CCN(Cc2ccc(F)cc2)CC1. The highest BCUT2D eigenvalue weighted by atomic mass is 35.5. The molecule has 0 bridgehead atoms. The van der Waals surface area contributed by atoms with Crippen LogP contribution in [-0.2, 0) is 6.54 Å². The van der Waals surface area contributed by atoms with Gasteiger partial charge in [0.2, 0.25) is 0 Å². The monoisotopic (exact) mass is 469 g/mol. The van der Waals surface area contributed by atoms with E-state index >= 15 is 0 Å². The Kier molecular flexibility index (Phi) is 7.36. The van der Waals surface area contributed by atoms with Crippen molar-refractivity contribution < 1.29 is 13.7 Å². The fraction of sp³-hybridized carbons (Fsp3) is 0.238. The zero-order valence-electron chi connectivity index (χ0n) is 15.9. The summed E-state index contributed by atoms with van der Waals surface area (Å²) < 4.78 is 18.4. The van der Waals surface area contributed by atoms with Gasteiger partial charge in [-0.2, -0.15) is 0 Å². The Hall–Kier alpha value is -2.12. The van der Waals surface area contributed by atoms with Crippen molar-refractivity contribution in [3.63, 3.8) is 0 Å². The summed E-state index contributed by atoms with van der Waals surface area (Å²) in [6.45, 7) is 3.37. The fourth-order valence-electron chi connectivity index (χ4n) is 3.31. The third kappa shape index (κ3) is 5.13. The van der Waals surface area contributed by atoms with Crippen LogP contribution in [-0.4, -0.2) is 47.0 Å². The highest BCUT2D eigenvalue weighted by Gasteiger charge is 2.25. The maximum Gasteiger partial charge on any atom is 0.276 e. The molecule has 0 aliphatic carbocycles. The molecule has 9 heteroatoms. The van der Waals surface area contributed by atoms with Crippen molar-refractivity contribution in [2.45, 2.75) is 6.54 Å². The van der Waals surface area contributed by atoms with Gasteiger partial charge in [0.25, 0.3) is 5.91 Å². The van der Waals surface area contributed by atoms with Crippen molar-refractivity contribution in [3.05, 3.63) is 75.7 Å². The molecule has 0 saturated carbocycles. The molecule has 4 rings (SSSR count). The zero-order valence-corrected chi connectivity index (χ0v) is 18.2. The van der Waals surface area contributed by atoms with Crippen LogP contribution in [0.2, 0.25) is 10.0 Å². The predicted octanol–water partition coefficient (Wildman–Crippen LogP) is 5.17. The molecule has 1 aromatic heterocycles. The number of benzene rings is 2. The summed E-state index contributed by atoms with van der Waals surface area (Å²) in [5.74, 6) is 0.00696. The molecule has 1 amide bonds. The molecule has 0 radical (unpaired) electrons. The molecule has 3 aromatic rings. The van der Waals surface area contributed by atoms with Gasteiger partial charge in [-0.05, 0) is 35.9 Å². The number of piperazine rings is 1. The van der Waals surface area contributed by atoms with Crippen LogP contribution in [0.25, 0.3) is 11.3 Å². The number of hydrogen-bond acceptors (Lipinski definition) is 4. The highest BCUT2D eigenvalue weighted by molar-refractivity contribution is 6.36. The molecule has 1 aliphatic heterocycles. The van der Waals surface area contributed by atoms with Crippen LogP contribution in [0.5, 0.6) is 0 Å². The Balaban J connectivity index is 0.00000256. The van der Waals surface area contributed by atoms with E-state index in [0.717, 1.165) is 25.2 Å². The zero-order chi connectivity index (χ0) is 20.4. The summed E-state index contributed by atoms with van der Waals surface area (Å²) in [7, 11) is 0. The number of aromatic nitrogens is 1. The Bertz CT molecular complexity index is 1020. The molecule has 0 spiro atoms. The first-order valence-corrected chi connectivity index (χ1v) is 9.93. The topological polar surface area (TPSA) is 49.6 Å². The molecule has 1 aliphatic rings. The predicted molar refractivity (Wildman–Crippen MR) is 117 cm³/mol. The maximum absolute atomic E-state index is 13.0. The first-order chi connectivity index (χ1) is 14.0. The molecule has 0 unspecified atom stereocenters. The second-order valence-corrected chi connectivity index (χ2v) is 7.74. The van der Waals surface area contributed by atoms with Crippen LogP contribution < -0.4 is 0 Å². The molecule has 158 valence electrons. The fourth-order valence-corrected chi connectivity index (χ4v) is 3.81. The summed E-state index contributed by atoms with van der Waals surface area (Å²) in [4.78, 5) is 16.8. The Morgan fingerprint density at radius 1 is 1.03 bits per heavy atom. The van der Waals surface area contributed by atoms with Gasteiger partial charge in [-0.15, -0.1) is 12.4 Å². The smallest absolute Gasteiger partial charge is 0.276 e. The lowest BCUT2D eigenvalue weighted by Crippen LogP contribution is -2.48. The van der Waals surface area contributed by atoms with Gasteiger partial charge in [-0.25, -0.2) is 4.39 Å². The van der Waals surface area contributed by atoms with Crippen molar-refractivity contribution in [1.82, 2.24) is 15.0 Å². The molecule has 1 fully saturated rings. The van der Waals surface area contributed by atoms with Crippen LogP contribution >= 0.6 is 35.6 Å². The molecule has 0 atom stereocenters. The van der Waals surface area contributed by atoms with E-state index in [1.807, 2.05) is 0 Å². The lowest BCUT2D eigenvalue weighted by molar-refractivity contribution is 0.0618. The van der Waals surface area contributed by atoms with Gasteiger partial charge in [0.15, 0.2) is 11.5 Å². The first-order valence-electron chi connectivity index (χ1n) is 9.18. The number of carbonyl (C=O) groups excluding carboxylic acids is 1. The second-order valence-electron chi connectivity index (χ2n) is 6.90. The minimum Gasteiger partial charge on any atom is -0.355 e. The van der Waals surface area contributed by atoms with Crippen LogP contribution in [0.3, 0.4) is 0 Å². The van der Waals surface area contributed by atoms with E-state index < -0.39 is 0 Å². The van der Waals surface area contributed by atoms with Gasteiger partial charge >= 0.3 is 0 Å². The molecular weight excluding hydrogens is 452 g/mol. The summed E-state index contributed by atoms with van der Waals surface area (Å²) in [6, 6.07) is 13.1. The van der Waals surface area contributed by atoms with Crippen LogP contribution in [0.4, 0.5) is 4.39 Å². The third-order valence-corrected chi connectivity index (χ3v) is 5.45. The second kappa shape index (κ2) is 9.79. The lowest BCUT2D eigenvalue weighted by Gasteiger charge is -2.34. The number of halogens is 4. The molecular formula is C21H19Cl3FN3O2. The maximum atomic E-state index is 13.0. The Morgan fingerprint density at radius 3 is 2.40 bits per heavy atom. The third-order valence-electron chi connectivity index (χ3n) is 4.90. The minimum absolute atomic E-state index is 0. The van der Waals surface area contributed by atoms with Crippen molar-refractivity contribution in [1.29, 1.82) is 0 Å². The van der Waals surface area contributed by atoms with Crippen LogP contribution in [0.1, 0.15) is 16.1 Å². The average molecular weight is 471 g/mol. The first kappa shape index (κ1) is 22.6. The van der Waals surface area contributed by atoms with Crippen LogP contribution in [0, 0.1) is 5.82 Å². The molecule has 2 aromatic carbocycles. The van der Waals surface area contributed by atoms with E-state index in [1.54, 1.807) is 41.3 Å². The van der Waals surface area contributed by atoms with Gasteiger partial charge in [0.1, 0.15) is 5.82 Å². The molecule has 1 saturated heterocycles. The number of nitrogens with zero attached hydrogens (tertiary/aromatic N) is 3. The standard InChI is InChI=1S/C21H18Cl2FN3O2.ClH/c22-15-3-6-17(18(23)11-15)20-12-19(25-29-20)21(28)27-9-7-26(8-10-27)13-14-1-4-16(24)5-2-14;/h1-6,11-12H,7-10,13H2;1H. The van der Waals surface area contributed by atoms with Gasteiger partial charge in [0, 0.05) is 49.4 Å². The summed E-state index contributed by atoms with van der Waals surface area (Å²) in [5.41, 5.74) is 1.93. The molecule has 2 heterocycles. The Labute approximate surface area is 189 Å². The Morgan fingerprint density at radius 2 is 1.73 bits per heavy atom. The van der Waals surface area contributed by atoms with Gasteiger partial charge in [-0.1, -0.05) is 40.5 Å². The van der Waals surface area contributed by atoms with Gasteiger partial charge in [0.05, 0.1) is 5.02 Å². The van der Waals surface area contributed by atoms with E-state index in [9.17, 15) is 9.18 Å². The molecule has 30 heavy (non-hydrogen) atoms. The van der Waals surface area contributed by atoms with Crippen molar-refractivity contribution in [2.24, 2.45) is 0 Å². The van der Waals surface area contributed by atoms with E-state index in [1.165, 1.54) is 12.1 Å². The van der Waals surface area contributed by atoms with Crippen LogP contribution in [0.15, 0.2) is 53.1 Å². The minimum atomic E-state index is -0.240. The average Bonchev–Trinajstić information content (AvgIpc) is 3.20. The summed E-state index contributed by atoms with van der Waals surface area (Å²) >= 11 is 12.1. The van der Waals surface area contributed by atoms with Gasteiger partial charge in [-0.3, -0.25) is 9.69 Å². The number of hydrogen-bond donors (Lipinski definition) is 0. The molecule has 5 nitrogen and oxygen atoms in total. The lowest BCUT2D eigenvalue weighted by atomic mass is 10.1. The van der Waals surface area contributed by atoms with E-state index in [0.29, 0.717) is 34.5 Å². The largest absolute Gasteiger partial charge is 0.355 e. The number of carbonyl (C=O) groups is 1. The van der Waals surface area contributed by atoms with Gasteiger partial charge < -0.3 is 9.42 Å². The number of amides is 1. The van der Waals surface area contributed by atoms with E-state index in [2.05, 4.69) is 10.1 Å². The van der Waals surface area contributed by atoms with Crippen molar-refractivity contribution in [2.75, 3.05) is 26.2 Å². The van der Waals surface area contributed by atoms with Crippen molar-refractivity contribution >= 4 is 41.5 Å². The summed E-state index contributed by atoms with van der Waals surface area (Å²) in [5, 5.41) is 4.87.